The number of fused-ring (bicyclic) bond motifs is 3. The first kappa shape index (κ1) is 30.7. The van der Waals surface area contributed by atoms with E-state index in [2.05, 4.69) is 20.3 Å². The van der Waals surface area contributed by atoms with Crippen molar-refractivity contribution in [3.05, 3.63) is 83.5 Å². The van der Waals surface area contributed by atoms with Crippen molar-refractivity contribution in [2.24, 2.45) is 5.10 Å². The Morgan fingerprint density at radius 1 is 0.812 bits per heavy atom. The van der Waals surface area contributed by atoms with Gasteiger partial charge < -0.3 is 14.4 Å². The van der Waals surface area contributed by atoms with Crippen LogP contribution >= 0.6 is 23.4 Å². The van der Waals surface area contributed by atoms with Crippen LogP contribution in [0.2, 0.25) is 5.02 Å². The van der Waals surface area contributed by atoms with Gasteiger partial charge in [-0.1, -0.05) is 53.7 Å². The van der Waals surface area contributed by atoms with E-state index in [1.807, 2.05) is 77.5 Å². The van der Waals surface area contributed by atoms with Crippen LogP contribution in [0.1, 0.15) is 44.1 Å². The molecule has 2 saturated heterocycles. The molecule has 0 unspecified atom stereocenters. The van der Waals surface area contributed by atoms with Crippen LogP contribution in [0.25, 0.3) is 10.9 Å². The molecule has 0 radical (unpaired) electrons. The Morgan fingerprint density at radius 3 is 2.23 bits per heavy atom. The fraction of sp³-hybridized carbons (Fsp3) is 0.306. The number of hydrazone groups is 1. The first-order valence-corrected chi connectivity index (χ1v) is 17.8. The number of benzene rings is 3. The maximum atomic E-state index is 14.2. The van der Waals surface area contributed by atoms with Crippen LogP contribution in [0.3, 0.4) is 0 Å². The van der Waals surface area contributed by atoms with Crippen LogP contribution in [0, 0.1) is 0 Å². The van der Waals surface area contributed by atoms with Gasteiger partial charge in [0.25, 0.3) is 5.91 Å². The second kappa shape index (κ2) is 13.5. The number of piperidine rings is 2. The maximum Gasteiger partial charge on any atom is 0.251 e. The molecular formula is C36H36ClN9OS. The standard InChI is InChI=1S/C36H36ClN9OS/c37-26-15-16-32-30(21-26)46(29-13-5-6-14-31(29)48-32)33(47)24-45-23-25(27-11-3-4-12-28(27)45)22-38-42-34-39-35(43-17-7-1-8-18-43)41-36(40-34)44-19-9-2-10-20-44/h3-6,11-16,21-23H,1-2,7-10,17-20,24H2,(H,39,40,41,42). The molecule has 3 aromatic carbocycles. The molecule has 0 bridgehead atoms. The van der Waals surface area contributed by atoms with Crippen molar-refractivity contribution in [2.75, 3.05) is 46.3 Å². The van der Waals surface area contributed by atoms with Gasteiger partial charge in [0.2, 0.25) is 17.8 Å². The summed E-state index contributed by atoms with van der Waals surface area (Å²) in [7, 11) is 0. The van der Waals surface area contributed by atoms with Crippen molar-refractivity contribution >= 4 is 75.6 Å². The number of rotatable bonds is 7. The van der Waals surface area contributed by atoms with Gasteiger partial charge in [0.05, 0.1) is 17.6 Å². The monoisotopic (exact) mass is 677 g/mol. The summed E-state index contributed by atoms with van der Waals surface area (Å²) >= 11 is 8.06. The predicted molar refractivity (Wildman–Crippen MR) is 194 cm³/mol. The zero-order valence-electron chi connectivity index (χ0n) is 26.6. The quantitative estimate of drug-likeness (QED) is 0.138. The molecule has 3 aliphatic rings. The van der Waals surface area contributed by atoms with E-state index in [0.29, 0.717) is 22.9 Å². The lowest BCUT2D eigenvalue weighted by atomic mass is 10.1. The number of anilines is 5. The highest BCUT2D eigenvalue weighted by molar-refractivity contribution is 7.99. The van der Waals surface area contributed by atoms with E-state index in [9.17, 15) is 4.79 Å². The minimum atomic E-state index is -0.0608. The van der Waals surface area contributed by atoms with E-state index in [-0.39, 0.29) is 12.5 Å². The number of carbonyl (C=O) groups is 1. The van der Waals surface area contributed by atoms with Gasteiger partial charge in [0.15, 0.2) is 0 Å². The van der Waals surface area contributed by atoms with Crippen LogP contribution in [0.15, 0.2) is 87.8 Å². The third-order valence-electron chi connectivity index (χ3n) is 9.12. The van der Waals surface area contributed by atoms with Crippen molar-refractivity contribution < 1.29 is 4.79 Å². The SMILES string of the molecule is O=C(Cn1cc(C=NNc2nc(N3CCCCC3)nc(N3CCCCC3)n2)c2ccccc21)N1c2ccccc2Sc2ccc(Cl)cc21. The van der Waals surface area contributed by atoms with Gasteiger partial charge in [-0.05, 0) is 74.9 Å². The van der Waals surface area contributed by atoms with E-state index in [1.54, 1.807) is 22.9 Å². The largest absolute Gasteiger partial charge is 0.341 e. The molecule has 5 heterocycles. The van der Waals surface area contributed by atoms with Crippen molar-refractivity contribution in [3.8, 4) is 0 Å². The van der Waals surface area contributed by atoms with Gasteiger partial charge in [0.1, 0.15) is 6.54 Å². The molecule has 2 aromatic heterocycles. The van der Waals surface area contributed by atoms with E-state index in [4.69, 9.17) is 26.6 Å². The van der Waals surface area contributed by atoms with Gasteiger partial charge >= 0.3 is 0 Å². The number of nitrogens with zero attached hydrogens (tertiary/aromatic N) is 8. The second-order valence-corrected chi connectivity index (χ2v) is 13.9. The number of aromatic nitrogens is 4. The fourth-order valence-corrected chi connectivity index (χ4v) is 7.96. The van der Waals surface area contributed by atoms with Crippen LogP contribution in [-0.2, 0) is 11.3 Å². The molecule has 1 amide bonds. The third kappa shape index (κ3) is 6.20. The number of nitrogens with one attached hydrogen (secondary N) is 1. The van der Waals surface area contributed by atoms with Crippen LogP contribution in [0.5, 0.6) is 0 Å². The lowest BCUT2D eigenvalue weighted by Crippen LogP contribution is -2.34. The van der Waals surface area contributed by atoms with Gasteiger partial charge in [-0.25, -0.2) is 5.43 Å². The second-order valence-electron chi connectivity index (χ2n) is 12.4. The van der Waals surface area contributed by atoms with Crippen LogP contribution < -0.4 is 20.1 Å². The highest BCUT2D eigenvalue weighted by atomic mass is 35.5. The normalized spacial score (nSPS) is 16.3. The van der Waals surface area contributed by atoms with E-state index in [1.165, 1.54) is 12.8 Å². The number of halogens is 1. The molecule has 8 rings (SSSR count). The number of hydrogen-bond donors (Lipinski definition) is 1. The predicted octanol–water partition coefficient (Wildman–Crippen LogP) is 7.74. The summed E-state index contributed by atoms with van der Waals surface area (Å²) in [6.07, 6.45) is 10.8. The summed E-state index contributed by atoms with van der Waals surface area (Å²) in [5.41, 5.74) is 6.57. The molecule has 3 aliphatic heterocycles. The maximum absolute atomic E-state index is 14.2. The zero-order chi connectivity index (χ0) is 32.5. The van der Waals surface area contributed by atoms with Crippen molar-refractivity contribution in [3.63, 3.8) is 0 Å². The van der Waals surface area contributed by atoms with Gasteiger partial charge in [0, 0.05) is 63.7 Å². The Bertz CT molecular complexity index is 1960. The molecule has 0 aliphatic carbocycles. The Morgan fingerprint density at radius 2 is 1.48 bits per heavy atom. The summed E-state index contributed by atoms with van der Waals surface area (Å²) in [6.45, 7) is 3.93. The molecule has 12 heteroatoms. The summed E-state index contributed by atoms with van der Waals surface area (Å²) in [5.74, 6) is 1.78. The van der Waals surface area contributed by atoms with Gasteiger partial charge in [-0.2, -0.15) is 20.1 Å². The first-order valence-electron chi connectivity index (χ1n) is 16.6. The Hall–Kier alpha value is -4.61. The third-order valence-corrected chi connectivity index (χ3v) is 10.5. The van der Waals surface area contributed by atoms with Crippen molar-refractivity contribution in [2.45, 2.75) is 54.9 Å². The molecule has 0 atom stereocenters. The highest BCUT2D eigenvalue weighted by Gasteiger charge is 2.29. The van der Waals surface area contributed by atoms with Crippen LogP contribution in [0.4, 0.5) is 29.2 Å². The Balaban J connectivity index is 1.07. The average Bonchev–Trinajstić information content (AvgIpc) is 3.48. The Labute approximate surface area is 288 Å². The number of para-hydroxylation sites is 2. The molecular weight excluding hydrogens is 642 g/mol. The van der Waals surface area contributed by atoms with Gasteiger partial charge in [-0.15, -0.1) is 0 Å². The smallest absolute Gasteiger partial charge is 0.251 e. The molecule has 1 N–H and O–H groups in total. The topological polar surface area (TPSA) is 94.8 Å². The number of hydrogen-bond acceptors (Lipinski definition) is 9. The average molecular weight is 678 g/mol. The van der Waals surface area contributed by atoms with E-state index in [0.717, 1.165) is 89.5 Å². The van der Waals surface area contributed by atoms with Crippen molar-refractivity contribution in [1.82, 2.24) is 19.5 Å². The van der Waals surface area contributed by atoms with E-state index < -0.39 is 0 Å². The highest BCUT2D eigenvalue weighted by Crippen LogP contribution is 2.49. The molecule has 244 valence electrons. The minimum Gasteiger partial charge on any atom is -0.341 e. The van der Waals surface area contributed by atoms with E-state index >= 15 is 0 Å². The summed E-state index contributed by atoms with van der Waals surface area (Å²) < 4.78 is 1.99. The van der Waals surface area contributed by atoms with Gasteiger partial charge in [-0.3, -0.25) is 9.69 Å². The molecule has 2 fully saturated rings. The lowest BCUT2D eigenvalue weighted by Gasteiger charge is -2.31. The minimum absolute atomic E-state index is 0.0608. The number of amides is 1. The van der Waals surface area contributed by atoms with Crippen LogP contribution in [-0.4, -0.2) is 57.8 Å². The summed E-state index contributed by atoms with van der Waals surface area (Å²) in [6, 6.07) is 21.7. The number of carbonyl (C=O) groups excluding carboxylic acids is 1. The first-order chi connectivity index (χ1) is 23.6. The van der Waals surface area contributed by atoms with Crippen molar-refractivity contribution in [1.29, 1.82) is 0 Å². The summed E-state index contributed by atoms with van der Waals surface area (Å²) in [4.78, 5) is 36.9. The molecule has 0 saturated carbocycles. The Kier molecular flexibility index (Phi) is 8.63. The molecule has 48 heavy (non-hydrogen) atoms. The zero-order valence-corrected chi connectivity index (χ0v) is 28.1. The fourth-order valence-electron chi connectivity index (χ4n) is 6.76. The molecule has 10 nitrogen and oxygen atoms in total. The summed E-state index contributed by atoms with van der Waals surface area (Å²) in [5, 5.41) is 6.18. The molecule has 5 aromatic rings. The molecule has 0 spiro atoms. The lowest BCUT2D eigenvalue weighted by molar-refractivity contribution is -0.118.